The Morgan fingerprint density at radius 3 is 2.26 bits per heavy atom. The number of hydrogen-bond acceptors (Lipinski definition) is 5. The average Bonchev–Trinajstić information content (AvgIpc) is 3.40. The molecule has 5 aromatic rings. The number of para-hydroxylation sites is 2. The lowest BCUT2D eigenvalue weighted by Crippen LogP contribution is -2.31. The van der Waals surface area contributed by atoms with E-state index in [1.54, 1.807) is 10.2 Å². The molecular formula is C34H39N5O2S. The first-order valence-electron chi connectivity index (χ1n) is 14.6. The highest BCUT2D eigenvalue weighted by atomic mass is 32.2. The summed E-state index contributed by atoms with van der Waals surface area (Å²) in [5.74, 6) is 3.07. The Morgan fingerprint density at radius 2 is 1.55 bits per heavy atom. The van der Waals surface area contributed by atoms with Crippen LogP contribution in [0.4, 0.5) is 5.82 Å². The van der Waals surface area contributed by atoms with Crippen LogP contribution in [-0.4, -0.2) is 44.7 Å². The molecule has 0 spiro atoms. The number of anilines is 1. The van der Waals surface area contributed by atoms with E-state index in [1.165, 1.54) is 25.7 Å². The highest BCUT2D eigenvalue weighted by molar-refractivity contribution is 7.83. The van der Waals surface area contributed by atoms with Crippen molar-refractivity contribution in [2.24, 2.45) is 11.8 Å². The highest BCUT2D eigenvalue weighted by Crippen LogP contribution is 2.28. The molecule has 1 N–H and O–H groups in total. The molecule has 1 amide bonds. The van der Waals surface area contributed by atoms with Gasteiger partial charge in [0.2, 0.25) is 0 Å². The number of fused-ring (bicyclic) bond motifs is 2. The van der Waals surface area contributed by atoms with E-state index < -0.39 is 11.0 Å². The van der Waals surface area contributed by atoms with E-state index in [4.69, 9.17) is 0 Å². The summed E-state index contributed by atoms with van der Waals surface area (Å²) in [7, 11) is 2.60. The van der Waals surface area contributed by atoms with E-state index >= 15 is 0 Å². The fraction of sp³-hybridized carbons (Fsp3) is 0.324. The summed E-state index contributed by atoms with van der Waals surface area (Å²) in [6.45, 7) is 4.93. The van der Waals surface area contributed by atoms with E-state index in [9.17, 15) is 9.00 Å². The van der Waals surface area contributed by atoms with Crippen LogP contribution in [0.15, 0.2) is 90.0 Å². The van der Waals surface area contributed by atoms with E-state index in [0.717, 1.165) is 39.4 Å². The summed E-state index contributed by atoms with van der Waals surface area (Å²) in [4.78, 5) is 24.4. The minimum atomic E-state index is -1.39. The maximum atomic E-state index is 13.1. The first-order valence-corrected chi connectivity index (χ1v) is 15.7. The molecule has 1 aliphatic carbocycles. The molecule has 2 heterocycles. The monoisotopic (exact) mass is 581 g/mol. The number of amides is 1. The second-order valence-corrected chi connectivity index (χ2v) is 12.7. The second kappa shape index (κ2) is 13.3. The topological polar surface area (TPSA) is 80.1 Å². The first kappa shape index (κ1) is 29.5. The van der Waals surface area contributed by atoms with Crippen molar-refractivity contribution in [2.45, 2.75) is 44.4 Å². The van der Waals surface area contributed by atoms with Gasteiger partial charge in [-0.1, -0.05) is 68.3 Å². The molecule has 0 radical (unpaired) electrons. The molecule has 42 heavy (non-hydrogen) atoms. The molecule has 6 rings (SSSR count). The van der Waals surface area contributed by atoms with E-state index in [-0.39, 0.29) is 5.91 Å². The van der Waals surface area contributed by atoms with Crippen LogP contribution in [0.3, 0.4) is 0 Å². The highest BCUT2D eigenvalue weighted by Gasteiger charge is 2.21. The third-order valence-corrected chi connectivity index (χ3v) is 9.19. The van der Waals surface area contributed by atoms with E-state index in [1.807, 2.05) is 105 Å². The minimum Gasteiger partial charge on any atom is -0.362 e. The molecule has 8 heteroatoms. The van der Waals surface area contributed by atoms with E-state index in [0.29, 0.717) is 22.9 Å². The summed E-state index contributed by atoms with van der Waals surface area (Å²) in [5, 5.41) is 5.05. The molecular weight excluding hydrogens is 542 g/mol. The van der Waals surface area contributed by atoms with Crippen molar-refractivity contribution in [3.05, 3.63) is 96.4 Å². The van der Waals surface area contributed by atoms with Gasteiger partial charge in [-0.2, -0.15) is 0 Å². The number of carbonyl (C=O) groups excluding carboxylic acids is 1. The molecule has 1 atom stereocenters. The van der Waals surface area contributed by atoms with Gasteiger partial charge in [0.1, 0.15) is 11.6 Å². The van der Waals surface area contributed by atoms with Crippen LogP contribution in [0.25, 0.3) is 21.8 Å². The molecule has 1 aliphatic rings. The Balaban J connectivity index is 0.000000211. The number of nitrogens with zero attached hydrogens (tertiary/aromatic N) is 4. The zero-order valence-electron chi connectivity index (χ0n) is 24.8. The predicted octanol–water partition coefficient (Wildman–Crippen LogP) is 6.77. The van der Waals surface area contributed by atoms with Crippen LogP contribution in [0.5, 0.6) is 0 Å². The third kappa shape index (κ3) is 6.71. The Morgan fingerprint density at radius 1 is 0.905 bits per heavy atom. The van der Waals surface area contributed by atoms with Gasteiger partial charge in [-0.25, -0.2) is 14.2 Å². The molecule has 7 nitrogen and oxygen atoms in total. The van der Waals surface area contributed by atoms with Crippen molar-refractivity contribution in [3.63, 3.8) is 0 Å². The van der Waals surface area contributed by atoms with Crippen molar-refractivity contribution in [1.29, 1.82) is 0 Å². The van der Waals surface area contributed by atoms with Gasteiger partial charge < -0.3 is 10.2 Å². The van der Waals surface area contributed by atoms with Gasteiger partial charge in [-0.3, -0.25) is 8.77 Å². The lowest BCUT2D eigenvalue weighted by Gasteiger charge is -2.26. The number of nitrogens with one attached hydrogen (secondary N) is 1. The van der Waals surface area contributed by atoms with Gasteiger partial charge in [-0.05, 0) is 61.9 Å². The smallest absolute Gasteiger partial charge is 0.253 e. The van der Waals surface area contributed by atoms with Gasteiger partial charge in [-0.15, -0.1) is 0 Å². The maximum Gasteiger partial charge on any atom is 0.253 e. The minimum absolute atomic E-state index is 0.0846. The molecule has 2 aromatic heterocycles. The summed E-state index contributed by atoms with van der Waals surface area (Å²) in [5.41, 5.74) is 2.40. The Labute approximate surface area is 250 Å². The number of aromatic nitrogens is 3. The Kier molecular flexibility index (Phi) is 9.32. The normalized spacial score (nSPS) is 17.3. The fourth-order valence-corrected chi connectivity index (χ4v) is 6.65. The van der Waals surface area contributed by atoms with Crippen molar-refractivity contribution >= 4 is 44.5 Å². The van der Waals surface area contributed by atoms with Gasteiger partial charge >= 0.3 is 0 Å². The fourth-order valence-electron chi connectivity index (χ4n) is 5.50. The van der Waals surface area contributed by atoms with Crippen molar-refractivity contribution in [3.8, 4) is 0 Å². The van der Waals surface area contributed by atoms with Crippen LogP contribution in [-0.2, 0) is 11.0 Å². The Bertz CT molecular complexity index is 1690. The largest absolute Gasteiger partial charge is 0.362 e. The summed E-state index contributed by atoms with van der Waals surface area (Å²) in [6, 6.07) is 25.0. The van der Waals surface area contributed by atoms with Crippen LogP contribution in [0.2, 0.25) is 0 Å². The molecule has 0 bridgehead atoms. The number of benzene rings is 3. The first-order chi connectivity index (χ1) is 20.3. The van der Waals surface area contributed by atoms with Crippen LogP contribution < -0.4 is 10.2 Å². The van der Waals surface area contributed by atoms with Gasteiger partial charge in [0.25, 0.3) is 5.91 Å². The molecule has 1 fully saturated rings. The SMILES string of the molecule is CC1CCC(CNC(=O)c2cn(S(=O)c3ccccc3)c3ccccc23)CC1.Cc1nc(N(C)C)c2ccccc2n1. The van der Waals surface area contributed by atoms with Gasteiger partial charge in [0, 0.05) is 37.6 Å². The zero-order chi connectivity index (χ0) is 29.6. The zero-order valence-corrected chi connectivity index (χ0v) is 25.6. The number of carbonyl (C=O) groups is 1. The predicted molar refractivity (Wildman–Crippen MR) is 172 cm³/mol. The van der Waals surface area contributed by atoms with Crippen LogP contribution in [0, 0.1) is 18.8 Å². The molecule has 3 aromatic carbocycles. The van der Waals surface area contributed by atoms with Gasteiger partial charge in [0.05, 0.1) is 21.5 Å². The van der Waals surface area contributed by atoms with Crippen molar-refractivity contribution < 1.29 is 9.00 Å². The average molecular weight is 582 g/mol. The van der Waals surface area contributed by atoms with E-state index in [2.05, 4.69) is 22.2 Å². The quantitative estimate of drug-likeness (QED) is 0.239. The molecule has 0 saturated heterocycles. The van der Waals surface area contributed by atoms with Crippen molar-refractivity contribution in [1.82, 2.24) is 19.3 Å². The summed E-state index contributed by atoms with van der Waals surface area (Å²) in [6.07, 6.45) is 6.58. The summed E-state index contributed by atoms with van der Waals surface area (Å²) >= 11 is 0. The number of aryl methyl sites for hydroxylation is 1. The summed E-state index contributed by atoms with van der Waals surface area (Å²) < 4.78 is 14.8. The second-order valence-electron chi connectivity index (χ2n) is 11.3. The maximum absolute atomic E-state index is 13.1. The number of rotatable bonds is 6. The lowest BCUT2D eigenvalue weighted by atomic mass is 9.83. The molecule has 1 saturated carbocycles. The molecule has 218 valence electrons. The third-order valence-electron chi connectivity index (χ3n) is 7.85. The molecule has 0 aliphatic heterocycles. The van der Waals surface area contributed by atoms with Gasteiger partial charge in [0.15, 0.2) is 11.0 Å². The number of hydrogen-bond donors (Lipinski definition) is 1. The Hall–Kier alpha value is -4.04. The van der Waals surface area contributed by atoms with Crippen LogP contribution in [0.1, 0.15) is 48.8 Å². The molecule has 1 unspecified atom stereocenters. The van der Waals surface area contributed by atoms with Crippen LogP contribution >= 0.6 is 0 Å². The standard InChI is InChI=1S/C23H26N2O2S.C11H13N3/c1-17-11-13-18(14-12-17)15-24-23(26)21-16-25(22-10-6-5-9-20(21)22)28(27)19-7-3-2-4-8-19;1-8-12-10-7-5-4-6-9(10)11(13-8)14(2)3/h2-10,16-18H,11-15H2,1H3,(H,24,26);4-7H,1-3H3. The van der Waals surface area contributed by atoms with Crippen molar-refractivity contribution in [2.75, 3.05) is 25.5 Å². The lowest BCUT2D eigenvalue weighted by molar-refractivity contribution is 0.0943.